The van der Waals surface area contributed by atoms with Gasteiger partial charge in [0.15, 0.2) is 0 Å². The number of hydrogen-bond donors (Lipinski definition) is 1. The Morgan fingerprint density at radius 1 is 1.32 bits per heavy atom. The van der Waals surface area contributed by atoms with Crippen LogP contribution in [0.15, 0.2) is 35.1 Å². The van der Waals surface area contributed by atoms with Crippen molar-refractivity contribution in [1.82, 2.24) is 4.98 Å². The minimum absolute atomic E-state index is 0.000506. The molecule has 0 amide bonds. The molecule has 1 aromatic carbocycles. The van der Waals surface area contributed by atoms with Crippen LogP contribution in [0.1, 0.15) is 11.3 Å². The molecule has 0 saturated heterocycles. The highest BCUT2D eigenvalue weighted by Gasteiger charge is 2.11. The van der Waals surface area contributed by atoms with Gasteiger partial charge >= 0.3 is 0 Å². The molecule has 2 aromatic rings. The average Bonchev–Trinajstić information content (AvgIpc) is 2.38. The van der Waals surface area contributed by atoms with E-state index in [2.05, 4.69) is 4.98 Å². The Bertz CT molecular complexity index is 739. The summed E-state index contributed by atoms with van der Waals surface area (Å²) in [5.41, 5.74) is 1.19. The van der Waals surface area contributed by atoms with E-state index in [1.807, 2.05) is 6.07 Å². The lowest BCUT2D eigenvalue weighted by atomic mass is 10.0. The van der Waals surface area contributed by atoms with Crippen LogP contribution in [0.5, 0.6) is 0 Å². The highest BCUT2D eigenvalue weighted by Crippen LogP contribution is 2.24. The third kappa shape index (κ3) is 2.35. The molecule has 0 bridgehead atoms. The van der Waals surface area contributed by atoms with Crippen molar-refractivity contribution in [3.05, 3.63) is 62.1 Å². The van der Waals surface area contributed by atoms with Gasteiger partial charge in [0.25, 0.3) is 11.2 Å². The van der Waals surface area contributed by atoms with Crippen molar-refractivity contribution < 1.29 is 4.92 Å². The number of pyridine rings is 1. The second-order valence-corrected chi connectivity index (χ2v) is 3.99. The van der Waals surface area contributed by atoms with Crippen LogP contribution in [-0.2, 0) is 0 Å². The number of benzene rings is 1. The summed E-state index contributed by atoms with van der Waals surface area (Å²) >= 11 is 0. The van der Waals surface area contributed by atoms with E-state index < -0.39 is 10.5 Å². The Kier molecular flexibility index (Phi) is 3.12. The molecular formula is C13H9N3O3. The first kappa shape index (κ1) is 12.5. The van der Waals surface area contributed by atoms with Gasteiger partial charge in [-0.3, -0.25) is 14.9 Å². The third-order valence-corrected chi connectivity index (χ3v) is 2.67. The number of aromatic amines is 1. The lowest BCUT2D eigenvalue weighted by Crippen LogP contribution is -2.12. The first-order valence-corrected chi connectivity index (χ1v) is 5.42. The van der Waals surface area contributed by atoms with Gasteiger partial charge in [0.2, 0.25) is 0 Å². The van der Waals surface area contributed by atoms with E-state index in [-0.39, 0.29) is 11.3 Å². The molecule has 0 aliphatic rings. The highest BCUT2D eigenvalue weighted by molar-refractivity contribution is 5.71. The van der Waals surface area contributed by atoms with E-state index in [0.717, 1.165) is 0 Å². The summed E-state index contributed by atoms with van der Waals surface area (Å²) in [5, 5.41) is 19.6. The zero-order valence-corrected chi connectivity index (χ0v) is 10.0. The van der Waals surface area contributed by atoms with E-state index >= 15 is 0 Å². The molecule has 94 valence electrons. The quantitative estimate of drug-likeness (QED) is 0.656. The zero-order valence-electron chi connectivity index (χ0n) is 10.0. The Morgan fingerprint density at radius 3 is 2.47 bits per heavy atom. The monoisotopic (exact) mass is 255 g/mol. The van der Waals surface area contributed by atoms with Crippen molar-refractivity contribution in [3.8, 4) is 17.2 Å². The van der Waals surface area contributed by atoms with Crippen molar-refractivity contribution in [2.75, 3.05) is 0 Å². The van der Waals surface area contributed by atoms with Crippen LogP contribution >= 0.6 is 0 Å². The Morgan fingerprint density at radius 2 is 1.95 bits per heavy atom. The fraction of sp³-hybridized carbons (Fsp3) is 0.0769. The summed E-state index contributed by atoms with van der Waals surface area (Å²) in [6.45, 7) is 1.71. The maximum Gasteiger partial charge on any atom is 0.269 e. The van der Waals surface area contributed by atoms with Gasteiger partial charge in [-0.25, -0.2) is 0 Å². The molecule has 6 heteroatoms. The largest absolute Gasteiger partial charge is 0.325 e. The Balaban J connectivity index is 2.62. The van der Waals surface area contributed by atoms with Crippen LogP contribution in [0.2, 0.25) is 0 Å². The number of nitrogens with one attached hydrogen (secondary N) is 1. The zero-order chi connectivity index (χ0) is 14.0. The standard InChI is InChI=1S/C13H9N3O3/c1-8-6-11(12(7-14)13(17)15-8)9-2-4-10(5-3-9)16(18)19/h2-6H,1H3,(H,15,17). The predicted octanol–water partition coefficient (Wildman–Crippen LogP) is 2.13. The molecule has 19 heavy (non-hydrogen) atoms. The molecule has 0 aliphatic carbocycles. The molecule has 1 aromatic heterocycles. The maximum absolute atomic E-state index is 11.7. The van der Waals surface area contributed by atoms with Gasteiger partial charge in [0.1, 0.15) is 11.6 Å². The van der Waals surface area contributed by atoms with Crippen molar-refractivity contribution >= 4 is 5.69 Å². The van der Waals surface area contributed by atoms with Gasteiger partial charge in [-0.1, -0.05) is 0 Å². The minimum atomic E-state index is -0.502. The molecule has 2 rings (SSSR count). The van der Waals surface area contributed by atoms with Gasteiger partial charge < -0.3 is 4.98 Å². The number of non-ortho nitro benzene ring substituents is 1. The van der Waals surface area contributed by atoms with E-state index in [1.165, 1.54) is 24.3 Å². The lowest BCUT2D eigenvalue weighted by Gasteiger charge is -2.04. The fourth-order valence-electron chi connectivity index (χ4n) is 1.79. The minimum Gasteiger partial charge on any atom is -0.325 e. The number of nitro groups is 1. The average molecular weight is 255 g/mol. The molecule has 0 saturated carbocycles. The van der Waals surface area contributed by atoms with Crippen LogP contribution in [0.3, 0.4) is 0 Å². The van der Waals surface area contributed by atoms with Crippen LogP contribution in [0.25, 0.3) is 11.1 Å². The molecule has 0 radical (unpaired) electrons. The van der Waals surface area contributed by atoms with Crippen molar-refractivity contribution in [1.29, 1.82) is 5.26 Å². The second kappa shape index (κ2) is 4.74. The smallest absolute Gasteiger partial charge is 0.269 e. The molecule has 0 atom stereocenters. The summed E-state index contributed by atoms with van der Waals surface area (Å²) in [7, 11) is 0. The summed E-state index contributed by atoms with van der Waals surface area (Å²) in [6.07, 6.45) is 0. The number of aromatic nitrogens is 1. The molecule has 0 unspecified atom stereocenters. The topological polar surface area (TPSA) is 99.8 Å². The number of rotatable bonds is 2. The number of nitrogens with zero attached hydrogens (tertiary/aromatic N) is 2. The number of aryl methyl sites for hydroxylation is 1. The highest BCUT2D eigenvalue weighted by atomic mass is 16.6. The van der Waals surface area contributed by atoms with E-state index in [0.29, 0.717) is 16.8 Å². The number of nitriles is 1. The molecule has 1 N–H and O–H groups in total. The molecule has 0 spiro atoms. The SMILES string of the molecule is Cc1cc(-c2ccc([N+](=O)[O-])cc2)c(C#N)c(=O)[nH]1. The third-order valence-electron chi connectivity index (χ3n) is 2.67. The molecular weight excluding hydrogens is 246 g/mol. The van der Waals surface area contributed by atoms with Gasteiger partial charge in [0, 0.05) is 23.4 Å². The first-order valence-electron chi connectivity index (χ1n) is 5.42. The van der Waals surface area contributed by atoms with Crippen LogP contribution in [0.4, 0.5) is 5.69 Å². The predicted molar refractivity (Wildman–Crippen MR) is 68.6 cm³/mol. The Hall–Kier alpha value is -2.94. The van der Waals surface area contributed by atoms with Crippen molar-refractivity contribution in [2.24, 2.45) is 0 Å². The van der Waals surface area contributed by atoms with Gasteiger partial charge in [-0.15, -0.1) is 0 Å². The summed E-state index contributed by atoms with van der Waals surface area (Å²) < 4.78 is 0. The molecule has 0 fully saturated rings. The van der Waals surface area contributed by atoms with Crippen molar-refractivity contribution in [3.63, 3.8) is 0 Å². The number of hydrogen-bond acceptors (Lipinski definition) is 4. The van der Waals surface area contributed by atoms with Crippen LogP contribution < -0.4 is 5.56 Å². The summed E-state index contributed by atoms with van der Waals surface area (Å²) in [4.78, 5) is 24.3. The summed E-state index contributed by atoms with van der Waals surface area (Å²) in [6, 6.07) is 9.24. The van der Waals surface area contributed by atoms with Crippen LogP contribution in [0, 0.1) is 28.4 Å². The van der Waals surface area contributed by atoms with Crippen molar-refractivity contribution in [2.45, 2.75) is 6.92 Å². The number of H-pyrrole nitrogens is 1. The van der Waals surface area contributed by atoms with Gasteiger partial charge in [0.05, 0.1) is 4.92 Å². The first-order chi connectivity index (χ1) is 9.02. The van der Waals surface area contributed by atoms with E-state index in [9.17, 15) is 14.9 Å². The van der Waals surface area contributed by atoms with Crippen LogP contribution in [-0.4, -0.2) is 9.91 Å². The van der Waals surface area contributed by atoms with E-state index in [4.69, 9.17) is 5.26 Å². The summed E-state index contributed by atoms with van der Waals surface area (Å²) in [5.74, 6) is 0. The molecule has 1 heterocycles. The molecule has 0 aliphatic heterocycles. The van der Waals surface area contributed by atoms with Gasteiger partial charge in [-0.2, -0.15) is 5.26 Å². The molecule has 6 nitrogen and oxygen atoms in total. The normalized spacial score (nSPS) is 9.89. The second-order valence-electron chi connectivity index (χ2n) is 3.99. The van der Waals surface area contributed by atoms with Gasteiger partial charge in [-0.05, 0) is 30.7 Å². The number of nitro benzene ring substituents is 1. The fourth-order valence-corrected chi connectivity index (χ4v) is 1.79. The Labute approximate surface area is 108 Å². The maximum atomic E-state index is 11.7. The van der Waals surface area contributed by atoms with E-state index in [1.54, 1.807) is 13.0 Å². The lowest BCUT2D eigenvalue weighted by molar-refractivity contribution is -0.384.